The molecule has 0 amide bonds. The molecule has 1 rings (SSSR count). The van der Waals surface area contributed by atoms with Gasteiger partial charge < -0.3 is 5.32 Å². The minimum atomic E-state index is 0.161. The fourth-order valence-corrected chi connectivity index (χ4v) is 2.18. The molecule has 0 saturated carbocycles. The Hall–Kier alpha value is -0.670. The molecule has 1 N–H and O–H groups in total. The van der Waals surface area contributed by atoms with E-state index >= 15 is 0 Å². The van der Waals surface area contributed by atoms with Crippen LogP contribution in [0.2, 0.25) is 0 Å². The highest BCUT2D eigenvalue weighted by Crippen LogP contribution is 2.23. The van der Waals surface area contributed by atoms with Crippen molar-refractivity contribution in [3.8, 4) is 0 Å². The fourth-order valence-electron chi connectivity index (χ4n) is 1.19. The standard InChI is InChI=1S/C13H22N2S/c1-10(2)6-7-14-8-12-15-11(9-16-12)13(3,4)5/h6,9,14H,7-8H2,1-5H3. The van der Waals surface area contributed by atoms with Crippen molar-refractivity contribution in [2.75, 3.05) is 6.54 Å². The van der Waals surface area contributed by atoms with Gasteiger partial charge in [0.2, 0.25) is 0 Å². The topological polar surface area (TPSA) is 24.9 Å². The van der Waals surface area contributed by atoms with E-state index in [-0.39, 0.29) is 5.41 Å². The van der Waals surface area contributed by atoms with Gasteiger partial charge in [0.15, 0.2) is 0 Å². The van der Waals surface area contributed by atoms with Gasteiger partial charge in [-0.25, -0.2) is 4.98 Å². The van der Waals surface area contributed by atoms with Crippen LogP contribution < -0.4 is 5.32 Å². The zero-order valence-electron chi connectivity index (χ0n) is 10.9. The van der Waals surface area contributed by atoms with E-state index in [0.29, 0.717) is 0 Å². The van der Waals surface area contributed by atoms with Crippen molar-refractivity contribution in [3.63, 3.8) is 0 Å². The Labute approximate surface area is 103 Å². The highest BCUT2D eigenvalue weighted by atomic mass is 32.1. The molecule has 0 spiro atoms. The van der Waals surface area contributed by atoms with E-state index in [1.807, 2.05) is 0 Å². The SMILES string of the molecule is CC(C)=CCNCc1nc(C(C)(C)C)cs1. The van der Waals surface area contributed by atoms with Crippen LogP contribution >= 0.6 is 11.3 Å². The van der Waals surface area contributed by atoms with E-state index in [4.69, 9.17) is 0 Å². The number of thiazole rings is 1. The summed E-state index contributed by atoms with van der Waals surface area (Å²) in [7, 11) is 0. The lowest BCUT2D eigenvalue weighted by Gasteiger charge is -2.14. The van der Waals surface area contributed by atoms with Gasteiger partial charge in [-0.15, -0.1) is 11.3 Å². The van der Waals surface area contributed by atoms with Gasteiger partial charge >= 0.3 is 0 Å². The number of hydrogen-bond donors (Lipinski definition) is 1. The summed E-state index contributed by atoms with van der Waals surface area (Å²) in [5.74, 6) is 0. The lowest BCUT2D eigenvalue weighted by Crippen LogP contribution is -2.15. The van der Waals surface area contributed by atoms with Crippen LogP contribution in [0.1, 0.15) is 45.3 Å². The predicted molar refractivity (Wildman–Crippen MR) is 72.0 cm³/mol. The first-order valence-electron chi connectivity index (χ1n) is 5.68. The summed E-state index contributed by atoms with van der Waals surface area (Å²) < 4.78 is 0. The number of aromatic nitrogens is 1. The normalized spacial score (nSPS) is 11.6. The molecule has 1 heterocycles. The Morgan fingerprint density at radius 2 is 2.12 bits per heavy atom. The van der Waals surface area contributed by atoms with Crippen molar-refractivity contribution in [2.24, 2.45) is 0 Å². The van der Waals surface area contributed by atoms with Crippen LogP contribution in [0.25, 0.3) is 0 Å². The zero-order valence-corrected chi connectivity index (χ0v) is 11.7. The van der Waals surface area contributed by atoms with Crippen LogP contribution in [0, 0.1) is 0 Å². The Morgan fingerprint density at radius 1 is 1.44 bits per heavy atom. The van der Waals surface area contributed by atoms with Gasteiger partial charge in [-0.1, -0.05) is 32.4 Å². The average molecular weight is 238 g/mol. The monoisotopic (exact) mass is 238 g/mol. The maximum Gasteiger partial charge on any atom is 0.107 e. The third kappa shape index (κ3) is 4.45. The van der Waals surface area contributed by atoms with Crippen LogP contribution in [0.5, 0.6) is 0 Å². The maximum atomic E-state index is 4.63. The number of rotatable bonds is 4. The minimum Gasteiger partial charge on any atom is -0.307 e. The highest BCUT2D eigenvalue weighted by Gasteiger charge is 2.16. The van der Waals surface area contributed by atoms with E-state index in [0.717, 1.165) is 13.1 Å². The lowest BCUT2D eigenvalue weighted by molar-refractivity contribution is 0.569. The first kappa shape index (κ1) is 13.4. The first-order valence-corrected chi connectivity index (χ1v) is 6.56. The van der Waals surface area contributed by atoms with E-state index in [1.54, 1.807) is 11.3 Å². The molecule has 0 fully saturated rings. The first-order chi connectivity index (χ1) is 7.39. The predicted octanol–water partition coefficient (Wildman–Crippen LogP) is 3.50. The van der Waals surface area contributed by atoms with Crippen LogP contribution in [0.3, 0.4) is 0 Å². The quantitative estimate of drug-likeness (QED) is 0.641. The van der Waals surface area contributed by atoms with Gasteiger partial charge in [0.1, 0.15) is 5.01 Å². The van der Waals surface area contributed by atoms with E-state index in [1.165, 1.54) is 16.3 Å². The van der Waals surface area contributed by atoms with Crippen molar-refractivity contribution >= 4 is 11.3 Å². The fraction of sp³-hybridized carbons (Fsp3) is 0.615. The molecule has 1 aromatic rings. The van der Waals surface area contributed by atoms with Crippen molar-refractivity contribution in [1.82, 2.24) is 10.3 Å². The summed E-state index contributed by atoms with van der Waals surface area (Å²) in [6, 6.07) is 0. The molecular formula is C13H22N2S. The average Bonchev–Trinajstić information content (AvgIpc) is 2.59. The molecule has 16 heavy (non-hydrogen) atoms. The van der Waals surface area contributed by atoms with Crippen molar-refractivity contribution in [1.29, 1.82) is 0 Å². The van der Waals surface area contributed by atoms with Crippen LogP contribution in [-0.2, 0) is 12.0 Å². The molecule has 0 saturated heterocycles. The summed E-state index contributed by atoms with van der Waals surface area (Å²) in [4.78, 5) is 4.63. The maximum absolute atomic E-state index is 4.63. The molecule has 0 aliphatic carbocycles. The number of nitrogens with zero attached hydrogens (tertiary/aromatic N) is 1. The molecule has 1 aromatic heterocycles. The van der Waals surface area contributed by atoms with Crippen LogP contribution in [0.15, 0.2) is 17.0 Å². The Balaban J connectivity index is 2.44. The molecule has 0 aliphatic rings. The van der Waals surface area contributed by atoms with Gasteiger partial charge in [0.05, 0.1) is 5.69 Å². The van der Waals surface area contributed by atoms with Crippen molar-refractivity contribution < 1.29 is 0 Å². The molecule has 0 aromatic carbocycles. The van der Waals surface area contributed by atoms with Gasteiger partial charge in [0, 0.05) is 23.9 Å². The highest BCUT2D eigenvalue weighted by molar-refractivity contribution is 7.09. The van der Waals surface area contributed by atoms with E-state index in [2.05, 4.69) is 56.4 Å². The molecule has 0 atom stereocenters. The second-order valence-corrected chi connectivity index (χ2v) is 6.23. The van der Waals surface area contributed by atoms with Gasteiger partial charge in [-0.05, 0) is 13.8 Å². The Morgan fingerprint density at radius 3 is 2.62 bits per heavy atom. The summed E-state index contributed by atoms with van der Waals surface area (Å²) >= 11 is 1.74. The van der Waals surface area contributed by atoms with Crippen molar-refractivity contribution in [3.05, 3.63) is 27.7 Å². The summed E-state index contributed by atoms with van der Waals surface area (Å²) in [5.41, 5.74) is 2.70. The molecule has 2 nitrogen and oxygen atoms in total. The summed E-state index contributed by atoms with van der Waals surface area (Å²) in [6.45, 7) is 12.6. The van der Waals surface area contributed by atoms with E-state index < -0.39 is 0 Å². The number of nitrogens with one attached hydrogen (secondary N) is 1. The third-order valence-corrected chi connectivity index (χ3v) is 3.10. The van der Waals surface area contributed by atoms with E-state index in [9.17, 15) is 0 Å². The molecule has 0 radical (unpaired) electrons. The van der Waals surface area contributed by atoms with Crippen LogP contribution in [-0.4, -0.2) is 11.5 Å². The second kappa shape index (κ2) is 5.60. The van der Waals surface area contributed by atoms with Gasteiger partial charge in [-0.3, -0.25) is 0 Å². The molecule has 90 valence electrons. The van der Waals surface area contributed by atoms with Crippen LogP contribution in [0.4, 0.5) is 0 Å². The van der Waals surface area contributed by atoms with Gasteiger partial charge in [0.25, 0.3) is 0 Å². The minimum absolute atomic E-state index is 0.161. The summed E-state index contributed by atoms with van der Waals surface area (Å²) in [6.07, 6.45) is 2.19. The zero-order chi connectivity index (χ0) is 12.2. The Kier molecular flexibility index (Phi) is 4.69. The van der Waals surface area contributed by atoms with Crippen molar-refractivity contribution in [2.45, 2.75) is 46.6 Å². The Bertz CT molecular complexity index is 354. The van der Waals surface area contributed by atoms with Gasteiger partial charge in [-0.2, -0.15) is 0 Å². The number of allylic oxidation sites excluding steroid dienone is 1. The number of hydrogen-bond acceptors (Lipinski definition) is 3. The molecule has 0 unspecified atom stereocenters. The smallest absolute Gasteiger partial charge is 0.107 e. The largest absolute Gasteiger partial charge is 0.307 e. The second-order valence-electron chi connectivity index (χ2n) is 5.29. The lowest BCUT2D eigenvalue weighted by atomic mass is 9.93. The molecule has 0 bridgehead atoms. The molecule has 0 aliphatic heterocycles. The molecular weight excluding hydrogens is 216 g/mol. The third-order valence-electron chi connectivity index (χ3n) is 2.25. The molecule has 3 heteroatoms. The summed E-state index contributed by atoms with van der Waals surface area (Å²) in [5, 5.41) is 6.71.